The molecular weight excluding hydrogens is 354 g/mol. The Labute approximate surface area is 161 Å². The number of piperazine rings is 1. The summed E-state index contributed by atoms with van der Waals surface area (Å²) in [5, 5.41) is 4.32. The Morgan fingerprint density at radius 3 is 2.96 bits per heavy atom. The molecule has 1 N–H and O–H groups in total. The topological polar surface area (TPSA) is 75.7 Å². The van der Waals surface area contributed by atoms with Gasteiger partial charge in [-0.1, -0.05) is 0 Å². The van der Waals surface area contributed by atoms with E-state index < -0.39 is 5.63 Å². The molecule has 1 aliphatic rings. The summed E-state index contributed by atoms with van der Waals surface area (Å²) < 4.78 is 7.46. The molecule has 3 aromatic heterocycles. The SMILES string of the molecule is Cc1ccn2cc(-c3cc4ccc(N5CCN[C@@H](C)C5)cc4oc3=O)nc2n1. The average molecular weight is 375 g/mol. The summed E-state index contributed by atoms with van der Waals surface area (Å²) >= 11 is 0. The first-order valence-electron chi connectivity index (χ1n) is 9.46. The van der Waals surface area contributed by atoms with Crippen molar-refractivity contribution >= 4 is 22.4 Å². The Kier molecular flexibility index (Phi) is 3.91. The Morgan fingerprint density at radius 1 is 1.21 bits per heavy atom. The van der Waals surface area contributed by atoms with Gasteiger partial charge >= 0.3 is 5.63 Å². The van der Waals surface area contributed by atoms with Crippen LogP contribution in [0.25, 0.3) is 28.0 Å². The first-order valence-corrected chi connectivity index (χ1v) is 9.46. The summed E-state index contributed by atoms with van der Waals surface area (Å²) in [4.78, 5) is 23.8. The van der Waals surface area contributed by atoms with Gasteiger partial charge in [-0.25, -0.2) is 14.8 Å². The van der Waals surface area contributed by atoms with Crippen LogP contribution in [-0.2, 0) is 0 Å². The minimum absolute atomic E-state index is 0.390. The van der Waals surface area contributed by atoms with E-state index in [0.29, 0.717) is 28.7 Å². The van der Waals surface area contributed by atoms with Gasteiger partial charge in [0.2, 0.25) is 5.78 Å². The van der Waals surface area contributed by atoms with E-state index in [1.807, 2.05) is 37.4 Å². The zero-order chi connectivity index (χ0) is 19.3. The largest absolute Gasteiger partial charge is 0.422 e. The van der Waals surface area contributed by atoms with E-state index >= 15 is 0 Å². The van der Waals surface area contributed by atoms with Crippen molar-refractivity contribution in [1.29, 1.82) is 0 Å². The third-order valence-electron chi connectivity index (χ3n) is 5.19. The predicted molar refractivity (Wildman–Crippen MR) is 109 cm³/mol. The third kappa shape index (κ3) is 2.93. The molecule has 5 rings (SSSR count). The molecule has 1 atom stereocenters. The highest BCUT2D eigenvalue weighted by Gasteiger charge is 2.17. The maximum absolute atomic E-state index is 12.7. The minimum Gasteiger partial charge on any atom is -0.422 e. The molecule has 0 bridgehead atoms. The number of imidazole rings is 1. The van der Waals surface area contributed by atoms with E-state index in [2.05, 4.69) is 33.2 Å². The maximum atomic E-state index is 12.7. The van der Waals surface area contributed by atoms with Gasteiger partial charge in [0.15, 0.2) is 0 Å². The van der Waals surface area contributed by atoms with Crippen LogP contribution < -0.4 is 15.8 Å². The van der Waals surface area contributed by atoms with Gasteiger partial charge in [0.1, 0.15) is 5.58 Å². The molecule has 7 heteroatoms. The third-order valence-corrected chi connectivity index (χ3v) is 5.19. The highest BCUT2D eigenvalue weighted by Crippen LogP contribution is 2.25. The molecule has 0 amide bonds. The standard InChI is InChI=1S/C21H21N5O2/c1-13-5-7-26-12-18(24-21(26)23-13)17-9-15-3-4-16(10-19(15)28-20(17)27)25-8-6-22-14(2)11-25/h3-5,7,9-10,12,14,22H,6,8,11H2,1-2H3/t14-/m0/s1. The van der Waals surface area contributed by atoms with Crippen LogP contribution in [0.15, 0.2) is 51.9 Å². The smallest absolute Gasteiger partial charge is 0.345 e. The Hall–Kier alpha value is -3.19. The number of nitrogens with zero attached hydrogens (tertiary/aromatic N) is 4. The molecule has 1 fully saturated rings. The van der Waals surface area contributed by atoms with Crippen LogP contribution in [0.5, 0.6) is 0 Å². The molecule has 1 saturated heterocycles. The molecule has 1 aromatic carbocycles. The Morgan fingerprint density at radius 2 is 2.11 bits per heavy atom. The highest BCUT2D eigenvalue weighted by atomic mass is 16.4. The lowest BCUT2D eigenvalue weighted by Gasteiger charge is -2.33. The lowest BCUT2D eigenvalue weighted by atomic mass is 10.1. The molecule has 28 heavy (non-hydrogen) atoms. The first-order chi connectivity index (χ1) is 13.6. The zero-order valence-electron chi connectivity index (χ0n) is 15.8. The van der Waals surface area contributed by atoms with Crippen LogP contribution in [0.4, 0.5) is 5.69 Å². The maximum Gasteiger partial charge on any atom is 0.345 e. The molecule has 7 nitrogen and oxygen atoms in total. The summed E-state index contributed by atoms with van der Waals surface area (Å²) in [5.74, 6) is 0.567. The monoisotopic (exact) mass is 375 g/mol. The molecule has 4 aromatic rings. The zero-order valence-corrected chi connectivity index (χ0v) is 15.8. The second-order valence-corrected chi connectivity index (χ2v) is 7.37. The molecule has 0 aliphatic carbocycles. The van der Waals surface area contributed by atoms with E-state index in [9.17, 15) is 4.79 Å². The van der Waals surface area contributed by atoms with E-state index in [1.165, 1.54) is 0 Å². The number of aryl methyl sites for hydroxylation is 1. The van der Waals surface area contributed by atoms with E-state index in [4.69, 9.17) is 4.42 Å². The first kappa shape index (κ1) is 16.9. The second kappa shape index (κ2) is 6.45. The Bertz CT molecular complexity index is 1240. The summed E-state index contributed by atoms with van der Waals surface area (Å²) in [6.45, 7) is 6.90. The van der Waals surface area contributed by atoms with Crippen molar-refractivity contribution in [3.8, 4) is 11.3 Å². The van der Waals surface area contributed by atoms with Crippen molar-refractivity contribution < 1.29 is 4.42 Å². The minimum atomic E-state index is -0.390. The van der Waals surface area contributed by atoms with Crippen LogP contribution >= 0.6 is 0 Å². The van der Waals surface area contributed by atoms with Gasteiger partial charge in [0.05, 0.1) is 11.3 Å². The van der Waals surface area contributed by atoms with Gasteiger partial charge in [-0.05, 0) is 38.1 Å². The van der Waals surface area contributed by atoms with E-state index in [-0.39, 0.29) is 0 Å². The van der Waals surface area contributed by atoms with E-state index in [1.54, 1.807) is 10.6 Å². The van der Waals surface area contributed by atoms with Crippen LogP contribution in [-0.4, -0.2) is 40.0 Å². The highest BCUT2D eigenvalue weighted by molar-refractivity contribution is 5.84. The fourth-order valence-corrected chi connectivity index (χ4v) is 3.73. The van der Waals surface area contributed by atoms with Crippen LogP contribution in [0, 0.1) is 6.92 Å². The van der Waals surface area contributed by atoms with Crippen LogP contribution in [0.3, 0.4) is 0 Å². The van der Waals surface area contributed by atoms with Gasteiger partial charge in [0, 0.05) is 60.9 Å². The fraction of sp³-hybridized carbons (Fsp3) is 0.286. The molecule has 0 radical (unpaired) electrons. The summed E-state index contributed by atoms with van der Waals surface area (Å²) in [6.07, 6.45) is 3.69. The lowest BCUT2D eigenvalue weighted by Crippen LogP contribution is -2.49. The average Bonchev–Trinajstić information content (AvgIpc) is 3.10. The summed E-state index contributed by atoms with van der Waals surface area (Å²) in [5.41, 5.74) is 3.16. The molecule has 0 unspecified atom stereocenters. The van der Waals surface area contributed by atoms with Crippen LogP contribution in [0.1, 0.15) is 12.6 Å². The molecular formula is C21H21N5O2. The number of benzene rings is 1. The summed E-state index contributed by atoms with van der Waals surface area (Å²) in [6, 6.07) is 10.2. The number of aromatic nitrogens is 3. The molecule has 142 valence electrons. The number of hydrogen-bond acceptors (Lipinski definition) is 6. The van der Waals surface area contributed by atoms with Crippen molar-refractivity contribution in [2.24, 2.45) is 0 Å². The number of fused-ring (bicyclic) bond motifs is 2. The van der Waals surface area contributed by atoms with Gasteiger partial charge in [-0.3, -0.25) is 4.40 Å². The quantitative estimate of drug-likeness (QED) is 0.543. The number of hydrogen-bond donors (Lipinski definition) is 1. The van der Waals surface area contributed by atoms with E-state index in [0.717, 1.165) is 36.4 Å². The van der Waals surface area contributed by atoms with Crippen molar-refractivity contribution in [3.05, 3.63) is 58.8 Å². The number of rotatable bonds is 2. The van der Waals surface area contributed by atoms with Crippen molar-refractivity contribution in [1.82, 2.24) is 19.7 Å². The number of nitrogens with one attached hydrogen (secondary N) is 1. The van der Waals surface area contributed by atoms with Gasteiger partial charge < -0.3 is 14.6 Å². The predicted octanol–water partition coefficient (Wildman–Crippen LogP) is 2.61. The van der Waals surface area contributed by atoms with Gasteiger partial charge in [-0.15, -0.1) is 0 Å². The lowest BCUT2D eigenvalue weighted by molar-refractivity contribution is 0.484. The van der Waals surface area contributed by atoms with Crippen molar-refractivity contribution in [2.45, 2.75) is 19.9 Å². The van der Waals surface area contributed by atoms with Crippen LogP contribution in [0.2, 0.25) is 0 Å². The van der Waals surface area contributed by atoms with Gasteiger partial charge in [0.25, 0.3) is 0 Å². The second-order valence-electron chi connectivity index (χ2n) is 7.37. The van der Waals surface area contributed by atoms with Crippen molar-refractivity contribution in [2.75, 3.05) is 24.5 Å². The normalized spacial score (nSPS) is 17.5. The van der Waals surface area contributed by atoms with Crippen molar-refractivity contribution in [3.63, 3.8) is 0 Å². The summed E-state index contributed by atoms with van der Waals surface area (Å²) in [7, 11) is 0. The molecule has 4 heterocycles. The Balaban J connectivity index is 1.56. The molecule has 0 spiro atoms. The fourth-order valence-electron chi connectivity index (χ4n) is 3.73. The molecule has 0 saturated carbocycles. The number of anilines is 1. The molecule has 1 aliphatic heterocycles. The van der Waals surface area contributed by atoms with Gasteiger partial charge in [-0.2, -0.15) is 0 Å².